The Bertz CT molecular complexity index is 956. The van der Waals surface area contributed by atoms with Gasteiger partial charge >= 0.3 is 0 Å². The van der Waals surface area contributed by atoms with Gasteiger partial charge in [-0.05, 0) is 54.9 Å². The number of aromatic nitrogens is 4. The van der Waals surface area contributed by atoms with Gasteiger partial charge in [-0.2, -0.15) is 0 Å². The molecule has 2 aromatic heterocycles. The molecule has 0 saturated carbocycles. The largest absolute Gasteiger partial charge is 0.508 e. The number of aryl methyl sites for hydroxylation is 1. The summed E-state index contributed by atoms with van der Waals surface area (Å²) < 4.78 is 6.08. The van der Waals surface area contributed by atoms with Crippen molar-refractivity contribution in [2.75, 3.05) is 0 Å². The number of hydrogen-bond acceptors (Lipinski definition) is 5. The van der Waals surface area contributed by atoms with E-state index in [4.69, 9.17) is 4.98 Å². The van der Waals surface area contributed by atoms with Crippen LogP contribution in [-0.2, 0) is 0 Å². The van der Waals surface area contributed by atoms with Gasteiger partial charge in [0.25, 0.3) is 0 Å². The molecule has 0 atom stereocenters. The number of para-hydroxylation sites is 2. The molecule has 4 rings (SSSR count). The van der Waals surface area contributed by atoms with Gasteiger partial charge < -0.3 is 5.11 Å². The minimum absolute atomic E-state index is 0.241. The molecule has 0 aliphatic carbocycles. The number of imidazole rings is 1. The van der Waals surface area contributed by atoms with Crippen molar-refractivity contribution >= 4 is 22.6 Å². The maximum atomic E-state index is 9.52. The van der Waals surface area contributed by atoms with Crippen LogP contribution in [0.25, 0.3) is 27.4 Å². The van der Waals surface area contributed by atoms with Crippen LogP contribution in [-0.4, -0.2) is 24.2 Å². The van der Waals surface area contributed by atoms with Crippen molar-refractivity contribution in [3.63, 3.8) is 0 Å². The number of aromatic hydroxyl groups is 1. The minimum atomic E-state index is 0.241. The summed E-state index contributed by atoms with van der Waals surface area (Å²) in [5.74, 6) is 1.06. The summed E-state index contributed by atoms with van der Waals surface area (Å²) in [6.45, 7) is 1.93. The first kappa shape index (κ1) is 13.0. The fraction of sp³-hybridized carbons (Fsp3) is 0.0625. The molecule has 2 aromatic carbocycles. The molecule has 0 unspecified atom stereocenters. The quantitative estimate of drug-likeness (QED) is 0.615. The monoisotopic (exact) mass is 308 g/mol. The zero-order chi connectivity index (χ0) is 15.1. The van der Waals surface area contributed by atoms with Gasteiger partial charge in [-0.1, -0.05) is 16.6 Å². The molecule has 6 heteroatoms. The lowest BCUT2D eigenvalue weighted by molar-refractivity contribution is 0.475. The Hall–Kier alpha value is -2.73. The minimum Gasteiger partial charge on any atom is -0.508 e. The highest BCUT2D eigenvalue weighted by molar-refractivity contribution is 7.09. The first-order chi connectivity index (χ1) is 10.7. The second-order valence-corrected chi connectivity index (χ2v) is 5.72. The van der Waals surface area contributed by atoms with E-state index in [0.717, 1.165) is 33.1 Å². The summed E-state index contributed by atoms with van der Waals surface area (Å²) in [6, 6.07) is 15.1. The predicted molar refractivity (Wildman–Crippen MR) is 86.4 cm³/mol. The first-order valence-corrected chi connectivity index (χ1v) is 7.57. The van der Waals surface area contributed by atoms with Crippen LogP contribution in [0.1, 0.15) is 5.69 Å². The molecule has 2 heterocycles. The number of fused-ring (bicyclic) bond motifs is 1. The maximum Gasteiger partial charge on any atom is 0.159 e. The number of hydrogen-bond donors (Lipinski definition) is 1. The lowest BCUT2D eigenvalue weighted by atomic mass is 10.2. The molecule has 4 aromatic rings. The van der Waals surface area contributed by atoms with Gasteiger partial charge in [0, 0.05) is 5.69 Å². The van der Waals surface area contributed by atoms with Crippen LogP contribution in [0, 0.1) is 6.92 Å². The van der Waals surface area contributed by atoms with Gasteiger partial charge in [-0.15, -0.1) is 5.10 Å². The first-order valence-electron chi connectivity index (χ1n) is 6.80. The smallest absolute Gasteiger partial charge is 0.159 e. The fourth-order valence-corrected chi connectivity index (χ4v) is 3.11. The van der Waals surface area contributed by atoms with Crippen LogP contribution >= 0.6 is 11.5 Å². The predicted octanol–water partition coefficient (Wildman–Crippen LogP) is 3.56. The molecule has 108 valence electrons. The van der Waals surface area contributed by atoms with E-state index in [0.29, 0.717) is 0 Å². The maximum absolute atomic E-state index is 9.52. The molecule has 1 N–H and O–H groups in total. The average Bonchev–Trinajstić information content (AvgIpc) is 3.11. The molecule has 0 amide bonds. The van der Waals surface area contributed by atoms with Crippen molar-refractivity contribution in [3.05, 3.63) is 54.2 Å². The summed E-state index contributed by atoms with van der Waals surface area (Å²) in [7, 11) is 0. The highest BCUT2D eigenvalue weighted by Crippen LogP contribution is 2.32. The zero-order valence-corrected chi connectivity index (χ0v) is 12.6. The Morgan fingerprint density at radius 2 is 1.82 bits per heavy atom. The van der Waals surface area contributed by atoms with E-state index in [1.807, 2.05) is 43.3 Å². The van der Waals surface area contributed by atoms with E-state index in [-0.39, 0.29) is 5.75 Å². The fourth-order valence-electron chi connectivity index (χ4n) is 2.48. The van der Waals surface area contributed by atoms with Crippen LogP contribution in [0.4, 0.5) is 0 Å². The van der Waals surface area contributed by atoms with Gasteiger partial charge in [0.2, 0.25) is 0 Å². The summed E-state index contributed by atoms with van der Waals surface area (Å²) in [5.41, 5.74) is 3.73. The van der Waals surface area contributed by atoms with Crippen LogP contribution in [0.5, 0.6) is 5.75 Å². The number of phenols is 1. The molecule has 22 heavy (non-hydrogen) atoms. The summed E-state index contributed by atoms with van der Waals surface area (Å²) in [5, 5.41) is 13.6. The molecule has 0 aliphatic rings. The third kappa shape index (κ3) is 1.96. The number of nitrogens with zero attached hydrogens (tertiary/aromatic N) is 4. The third-order valence-corrected chi connectivity index (χ3v) is 4.35. The number of rotatable bonds is 2. The van der Waals surface area contributed by atoms with E-state index in [9.17, 15) is 5.11 Å². The van der Waals surface area contributed by atoms with Crippen LogP contribution in [0.2, 0.25) is 0 Å². The number of benzene rings is 2. The van der Waals surface area contributed by atoms with Crippen molar-refractivity contribution in [3.8, 4) is 22.1 Å². The van der Waals surface area contributed by atoms with E-state index >= 15 is 0 Å². The average molecular weight is 308 g/mol. The molecule has 0 radical (unpaired) electrons. The van der Waals surface area contributed by atoms with Crippen molar-refractivity contribution in [1.29, 1.82) is 0 Å². The Morgan fingerprint density at radius 3 is 2.55 bits per heavy atom. The Kier molecular flexibility index (Phi) is 2.90. The zero-order valence-electron chi connectivity index (χ0n) is 11.8. The standard InChI is InChI=1S/C16H12N4OS/c1-10-15(22-19-18-10)16-17-13-4-2-3-5-14(13)20(16)11-6-8-12(21)9-7-11/h2-9,21H,1H3. The summed E-state index contributed by atoms with van der Waals surface area (Å²) in [6.07, 6.45) is 0. The van der Waals surface area contributed by atoms with Gasteiger partial charge in [0.1, 0.15) is 10.6 Å². The van der Waals surface area contributed by atoms with Gasteiger partial charge in [-0.3, -0.25) is 4.57 Å². The van der Waals surface area contributed by atoms with Gasteiger partial charge in [0.15, 0.2) is 5.82 Å². The molecular formula is C16H12N4OS. The lowest BCUT2D eigenvalue weighted by Crippen LogP contribution is -1.97. The van der Waals surface area contributed by atoms with Crippen LogP contribution in [0.3, 0.4) is 0 Å². The highest BCUT2D eigenvalue weighted by atomic mass is 32.1. The highest BCUT2D eigenvalue weighted by Gasteiger charge is 2.18. The Labute approximate surface area is 130 Å². The molecule has 0 spiro atoms. The molecule has 0 aliphatic heterocycles. The third-order valence-electron chi connectivity index (χ3n) is 3.52. The molecule has 0 fully saturated rings. The van der Waals surface area contributed by atoms with Gasteiger partial charge in [-0.25, -0.2) is 4.98 Å². The van der Waals surface area contributed by atoms with E-state index in [2.05, 4.69) is 14.2 Å². The van der Waals surface area contributed by atoms with E-state index < -0.39 is 0 Å². The lowest BCUT2D eigenvalue weighted by Gasteiger charge is -2.08. The molecule has 0 saturated heterocycles. The molecule has 5 nitrogen and oxygen atoms in total. The SMILES string of the molecule is Cc1nnsc1-c1nc2ccccc2n1-c1ccc(O)cc1. The molecule has 0 bridgehead atoms. The van der Waals surface area contributed by atoms with Crippen molar-refractivity contribution in [2.45, 2.75) is 6.92 Å². The Morgan fingerprint density at radius 1 is 1.05 bits per heavy atom. The number of phenolic OH excluding ortho intramolecular Hbond substituents is 1. The molecular weight excluding hydrogens is 296 g/mol. The summed E-state index contributed by atoms with van der Waals surface area (Å²) >= 11 is 1.34. The topological polar surface area (TPSA) is 63.8 Å². The second kappa shape index (κ2) is 4.92. The van der Waals surface area contributed by atoms with E-state index in [1.165, 1.54) is 11.5 Å². The second-order valence-electron chi connectivity index (χ2n) is 4.96. The van der Waals surface area contributed by atoms with Crippen molar-refractivity contribution in [2.24, 2.45) is 0 Å². The van der Waals surface area contributed by atoms with Gasteiger partial charge in [0.05, 0.1) is 16.7 Å². The summed E-state index contributed by atoms with van der Waals surface area (Å²) in [4.78, 5) is 5.69. The van der Waals surface area contributed by atoms with Crippen molar-refractivity contribution < 1.29 is 5.11 Å². The van der Waals surface area contributed by atoms with Crippen LogP contribution < -0.4 is 0 Å². The van der Waals surface area contributed by atoms with E-state index in [1.54, 1.807) is 12.1 Å². The van der Waals surface area contributed by atoms with Crippen LogP contribution in [0.15, 0.2) is 48.5 Å². The van der Waals surface area contributed by atoms with Crippen molar-refractivity contribution in [1.82, 2.24) is 19.1 Å². The normalized spacial score (nSPS) is 11.1. The Balaban J connectivity index is 2.06.